The van der Waals surface area contributed by atoms with E-state index in [9.17, 15) is 0 Å². The molecule has 1 heterocycles. The molecule has 0 aliphatic carbocycles. The van der Waals surface area contributed by atoms with E-state index in [1.54, 1.807) is 14.2 Å². The van der Waals surface area contributed by atoms with Gasteiger partial charge in [0, 0.05) is 4.90 Å². The van der Waals surface area contributed by atoms with Gasteiger partial charge in [0.15, 0.2) is 0 Å². The summed E-state index contributed by atoms with van der Waals surface area (Å²) in [5, 5.41) is 0. The normalized spacial score (nSPS) is 12.3. The minimum atomic E-state index is 0.119. The van der Waals surface area contributed by atoms with Crippen LogP contribution in [0.1, 0.15) is 0 Å². The Balaban J connectivity index is 2.38. The quantitative estimate of drug-likeness (QED) is 0.860. The fraction of sp³-hybridized carbons (Fsp3) is 0.200. The molecule has 4 nitrogen and oxygen atoms in total. The van der Waals surface area contributed by atoms with Gasteiger partial charge in [-0.15, -0.1) is 12.6 Å². The van der Waals surface area contributed by atoms with Crippen molar-refractivity contribution < 1.29 is 18.9 Å². The maximum Gasteiger partial charge on any atom is 0.231 e. The molecule has 3 rings (SSSR count). The van der Waals surface area contributed by atoms with Crippen molar-refractivity contribution >= 4 is 12.6 Å². The van der Waals surface area contributed by atoms with Crippen molar-refractivity contribution in [1.29, 1.82) is 0 Å². The van der Waals surface area contributed by atoms with Crippen molar-refractivity contribution in [2.45, 2.75) is 4.90 Å². The van der Waals surface area contributed by atoms with Crippen molar-refractivity contribution in [1.82, 2.24) is 0 Å². The summed E-state index contributed by atoms with van der Waals surface area (Å²) in [7, 11) is 3.24. The molecule has 0 saturated heterocycles. The molecule has 0 radical (unpaired) electrons. The van der Waals surface area contributed by atoms with Gasteiger partial charge in [0.2, 0.25) is 6.79 Å². The van der Waals surface area contributed by atoms with E-state index in [1.807, 2.05) is 30.3 Å². The van der Waals surface area contributed by atoms with Gasteiger partial charge in [-0.25, -0.2) is 0 Å². The molecule has 2 aromatic rings. The summed E-state index contributed by atoms with van der Waals surface area (Å²) in [5.41, 5.74) is 1.61. The Morgan fingerprint density at radius 3 is 2.45 bits per heavy atom. The summed E-state index contributed by atoms with van der Waals surface area (Å²) in [4.78, 5) is 0.725. The lowest BCUT2D eigenvalue weighted by Gasteiger charge is -2.15. The SMILES string of the molecule is COc1cccc2c1-c1c(OC)ccc(S)c1OCO2. The van der Waals surface area contributed by atoms with Crippen molar-refractivity contribution in [3.8, 4) is 34.1 Å². The molecule has 0 aromatic heterocycles. The molecule has 0 unspecified atom stereocenters. The lowest BCUT2D eigenvalue weighted by atomic mass is 10.0. The van der Waals surface area contributed by atoms with Crippen LogP contribution in [0.2, 0.25) is 0 Å². The summed E-state index contributed by atoms with van der Waals surface area (Å²) in [6.07, 6.45) is 0. The highest BCUT2D eigenvalue weighted by Gasteiger charge is 2.25. The first kappa shape index (κ1) is 13.0. The molecule has 0 saturated carbocycles. The van der Waals surface area contributed by atoms with E-state index in [0.717, 1.165) is 16.0 Å². The van der Waals surface area contributed by atoms with E-state index in [2.05, 4.69) is 12.6 Å². The predicted octanol–water partition coefficient (Wildman–Crippen LogP) is 3.39. The molecule has 1 aliphatic rings. The van der Waals surface area contributed by atoms with Gasteiger partial charge in [-0.1, -0.05) is 6.07 Å². The van der Waals surface area contributed by atoms with Crippen LogP contribution in [-0.2, 0) is 0 Å². The zero-order valence-corrected chi connectivity index (χ0v) is 12.1. The smallest absolute Gasteiger partial charge is 0.231 e. The van der Waals surface area contributed by atoms with Gasteiger partial charge >= 0.3 is 0 Å². The van der Waals surface area contributed by atoms with Gasteiger partial charge in [0.05, 0.1) is 25.3 Å². The highest BCUT2D eigenvalue weighted by molar-refractivity contribution is 7.80. The molecule has 2 aromatic carbocycles. The summed E-state index contributed by atoms with van der Waals surface area (Å²) in [5.74, 6) is 2.72. The van der Waals surface area contributed by atoms with E-state index in [-0.39, 0.29) is 6.79 Å². The number of methoxy groups -OCH3 is 2. The Bertz CT molecular complexity index is 655. The van der Waals surface area contributed by atoms with Crippen LogP contribution >= 0.6 is 12.6 Å². The van der Waals surface area contributed by atoms with Crippen molar-refractivity contribution in [2.75, 3.05) is 21.0 Å². The highest BCUT2D eigenvalue weighted by atomic mass is 32.1. The molecule has 20 heavy (non-hydrogen) atoms. The van der Waals surface area contributed by atoms with Gasteiger partial charge < -0.3 is 18.9 Å². The third-order valence-corrected chi connectivity index (χ3v) is 3.55. The Hall–Kier alpha value is -2.01. The van der Waals surface area contributed by atoms with Gasteiger partial charge in [0.1, 0.15) is 23.0 Å². The van der Waals surface area contributed by atoms with Gasteiger partial charge in [-0.2, -0.15) is 0 Å². The molecule has 0 spiro atoms. The monoisotopic (exact) mass is 290 g/mol. The van der Waals surface area contributed by atoms with Crippen molar-refractivity contribution in [3.63, 3.8) is 0 Å². The second kappa shape index (κ2) is 5.17. The highest BCUT2D eigenvalue weighted by Crippen LogP contribution is 2.50. The van der Waals surface area contributed by atoms with E-state index < -0.39 is 0 Å². The third kappa shape index (κ3) is 1.94. The number of hydrogen-bond donors (Lipinski definition) is 1. The Morgan fingerprint density at radius 2 is 1.70 bits per heavy atom. The largest absolute Gasteiger partial charge is 0.496 e. The topological polar surface area (TPSA) is 36.9 Å². The molecule has 0 fully saturated rings. The Labute approximate surface area is 122 Å². The fourth-order valence-electron chi connectivity index (χ4n) is 2.31. The van der Waals surface area contributed by atoms with Crippen LogP contribution in [0.4, 0.5) is 0 Å². The first-order valence-corrected chi connectivity index (χ1v) is 6.54. The number of ether oxygens (including phenoxy) is 4. The lowest BCUT2D eigenvalue weighted by molar-refractivity contribution is 0.122. The van der Waals surface area contributed by atoms with Gasteiger partial charge in [-0.3, -0.25) is 0 Å². The zero-order chi connectivity index (χ0) is 14.1. The second-order valence-corrected chi connectivity index (χ2v) is 4.71. The number of hydrogen-bond acceptors (Lipinski definition) is 5. The van der Waals surface area contributed by atoms with Gasteiger partial charge in [-0.05, 0) is 24.3 Å². The molecule has 5 heteroatoms. The number of benzene rings is 2. The minimum Gasteiger partial charge on any atom is -0.496 e. The summed E-state index contributed by atoms with van der Waals surface area (Å²) in [6, 6.07) is 9.32. The molecule has 0 N–H and O–H groups in total. The van der Waals surface area contributed by atoms with Crippen molar-refractivity contribution in [3.05, 3.63) is 30.3 Å². The second-order valence-electron chi connectivity index (χ2n) is 4.23. The molecule has 0 bridgehead atoms. The van der Waals surface area contributed by atoms with Crippen LogP contribution in [0.3, 0.4) is 0 Å². The van der Waals surface area contributed by atoms with Crippen LogP contribution in [0.5, 0.6) is 23.0 Å². The van der Waals surface area contributed by atoms with E-state index in [0.29, 0.717) is 23.0 Å². The first-order chi connectivity index (χ1) is 9.76. The molecule has 0 atom stereocenters. The molecular formula is C15H14O4S. The van der Waals surface area contributed by atoms with E-state index in [4.69, 9.17) is 18.9 Å². The van der Waals surface area contributed by atoms with Crippen molar-refractivity contribution in [2.24, 2.45) is 0 Å². The molecule has 1 aliphatic heterocycles. The Morgan fingerprint density at radius 1 is 0.950 bits per heavy atom. The third-order valence-electron chi connectivity index (χ3n) is 3.19. The average molecular weight is 290 g/mol. The van der Waals surface area contributed by atoms with E-state index in [1.165, 1.54) is 0 Å². The predicted molar refractivity (Wildman–Crippen MR) is 78.4 cm³/mol. The minimum absolute atomic E-state index is 0.119. The zero-order valence-electron chi connectivity index (χ0n) is 11.2. The summed E-state index contributed by atoms with van der Waals surface area (Å²) in [6.45, 7) is 0.119. The number of thiol groups is 1. The summed E-state index contributed by atoms with van der Waals surface area (Å²) >= 11 is 4.45. The lowest BCUT2D eigenvalue weighted by Crippen LogP contribution is -2.03. The average Bonchev–Trinajstić information content (AvgIpc) is 2.68. The number of fused-ring (bicyclic) bond motifs is 3. The Kier molecular flexibility index (Phi) is 3.36. The number of rotatable bonds is 2. The van der Waals surface area contributed by atoms with Crippen LogP contribution < -0.4 is 18.9 Å². The maximum absolute atomic E-state index is 5.67. The van der Waals surface area contributed by atoms with Crippen LogP contribution in [0.25, 0.3) is 11.1 Å². The fourth-order valence-corrected chi connectivity index (χ4v) is 2.56. The molecule has 0 amide bonds. The van der Waals surface area contributed by atoms with Crippen LogP contribution in [0, 0.1) is 0 Å². The molecule has 104 valence electrons. The van der Waals surface area contributed by atoms with Gasteiger partial charge in [0.25, 0.3) is 0 Å². The summed E-state index contributed by atoms with van der Waals surface area (Å²) < 4.78 is 22.2. The first-order valence-electron chi connectivity index (χ1n) is 6.09. The van der Waals surface area contributed by atoms with Crippen LogP contribution in [-0.4, -0.2) is 21.0 Å². The molecular weight excluding hydrogens is 276 g/mol. The standard InChI is InChI=1S/C15H14O4S/c1-16-9-4-3-5-11-13(9)14-10(17-2)6-7-12(20)15(14)19-8-18-11/h3-7,20H,8H2,1-2H3. The maximum atomic E-state index is 5.67. The van der Waals surface area contributed by atoms with E-state index >= 15 is 0 Å². The van der Waals surface area contributed by atoms with Crippen LogP contribution in [0.15, 0.2) is 35.2 Å².